The summed E-state index contributed by atoms with van der Waals surface area (Å²) in [5.74, 6) is 0. The van der Waals surface area contributed by atoms with Gasteiger partial charge in [-0.05, 0) is 0 Å². The van der Waals surface area contributed by atoms with Crippen LogP contribution >= 0.6 is 9.90 Å². The van der Waals surface area contributed by atoms with Crippen LogP contribution in [0, 0.1) is 0 Å². The van der Waals surface area contributed by atoms with Gasteiger partial charge in [0.25, 0.3) is 0 Å². The van der Waals surface area contributed by atoms with Gasteiger partial charge in [0.15, 0.2) is 0 Å². The summed E-state index contributed by atoms with van der Waals surface area (Å²) >= 11 is 0. The Morgan fingerprint density at radius 2 is 1.14 bits per heavy atom. The first-order valence-electron chi connectivity index (χ1n) is 0.698. The van der Waals surface area contributed by atoms with Crippen LogP contribution in [-0.4, -0.2) is 17.5 Å². The van der Waals surface area contributed by atoms with Crippen molar-refractivity contribution < 1.29 is 38.6 Å². The monoisotopic (exact) mass is 230 g/mol. The summed E-state index contributed by atoms with van der Waals surface area (Å²) in [6, 6.07) is 0. The van der Waals surface area contributed by atoms with Crippen molar-refractivity contribution in [3.63, 3.8) is 0 Å². The minimum Gasteiger partial charge on any atom is -0.264 e. The molecule has 0 aromatic heterocycles. The van der Waals surface area contributed by atoms with E-state index in [1.807, 2.05) is 0 Å². The van der Waals surface area contributed by atoms with Gasteiger partial charge >= 0.3 is 10.4 Å². The Balaban J connectivity index is -0.0000000800. The molecule has 7 heavy (non-hydrogen) atoms. The van der Waals surface area contributed by atoms with E-state index < -0.39 is 10.4 Å². The molecule has 46 valence electrons. The van der Waals surface area contributed by atoms with Crippen molar-refractivity contribution in [3.8, 4) is 0 Å². The Bertz CT molecular complexity index is 94.9. The minimum absolute atomic E-state index is 0. The van der Waals surface area contributed by atoms with Crippen LogP contribution in [0.15, 0.2) is 0 Å². The Morgan fingerprint density at radius 3 is 1.14 bits per heavy atom. The van der Waals surface area contributed by atoms with Crippen LogP contribution in [0.2, 0.25) is 0 Å². The molecule has 7 heteroatoms. The topological polar surface area (TPSA) is 74.6 Å². The van der Waals surface area contributed by atoms with Crippen molar-refractivity contribution in [1.82, 2.24) is 0 Å². The predicted octanol–water partition coefficient (Wildman–Crippen LogP) is -0.597. The molecule has 0 radical (unpaired) electrons. The maximum Gasteiger partial charge on any atom is 0.394 e. The van der Waals surface area contributed by atoms with E-state index in [2.05, 4.69) is 0 Å². The van der Waals surface area contributed by atoms with Crippen molar-refractivity contribution in [2.75, 3.05) is 0 Å². The van der Waals surface area contributed by atoms with Gasteiger partial charge in [-0.15, -0.1) is 0 Å². The molecule has 0 fully saturated rings. The predicted molar refractivity (Wildman–Crippen MR) is 25.3 cm³/mol. The quantitative estimate of drug-likeness (QED) is 0.330. The third kappa shape index (κ3) is 178. The van der Waals surface area contributed by atoms with E-state index in [0.717, 1.165) is 0 Å². The third-order valence-electron chi connectivity index (χ3n) is 0. The summed E-state index contributed by atoms with van der Waals surface area (Å²) < 4.78 is 31.6. The molecular weight excluding hydrogens is 223 g/mol. The van der Waals surface area contributed by atoms with Crippen LogP contribution in [0.5, 0.6) is 0 Å². The molecule has 0 heterocycles. The van der Waals surface area contributed by atoms with Crippen LogP contribution in [0.3, 0.4) is 0 Å². The van der Waals surface area contributed by atoms with Crippen molar-refractivity contribution in [2.24, 2.45) is 0 Å². The maximum absolute atomic E-state index is 8.74. The second-order valence-corrected chi connectivity index (χ2v) is 1.34. The summed E-state index contributed by atoms with van der Waals surface area (Å²) in [7, 11) is -4.67. The van der Waals surface area contributed by atoms with Crippen LogP contribution in [0.4, 0.5) is 0 Å². The Morgan fingerprint density at radius 1 is 1.14 bits per heavy atom. The van der Waals surface area contributed by atoms with Crippen LogP contribution < -0.4 is 0 Å². The van der Waals surface area contributed by atoms with E-state index in [1.54, 1.807) is 0 Å². The molecule has 0 aromatic carbocycles. The number of hydrogen-bond donors (Lipinski definition) is 2. The molecule has 0 aliphatic heterocycles. The van der Waals surface area contributed by atoms with Crippen molar-refractivity contribution in [3.05, 3.63) is 0 Å². The van der Waals surface area contributed by atoms with Gasteiger partial charge in [0, 0.05) is 21.1 Å². The Kier molecular flexibility index (Phi) is 11.5. The second kappa shape index (κ2) is 5.13. The minimum atomic E-state index is -4.67. The molecule has 0 aliphatic carbocycles. The molecule has 1 unspecified atom stereocenters. The summed E-state index contributed by atoms with van der Waals surface area (Å²) in [4.78, 5) is 0. The van der Waals surface area contributed by atoms with Crippen LogP contribution in [0.1, 0.15) is 0 Å². The maximum atomic E-state index is 8.74. The molecule has 4 nitrogen and oxygen atoms in total. The molecule has 2 N–H and O–H groups in total. The van der Waals surface area contributed by atoms with Gasteiger partial charge in [-0.2, -0.15) is 18.3 Å². The summed E-state index contributed by atoms with van der Waals surface area (Å²) in [5, 5.41) is 0. The first-order chi connectivity index (χ1) is 2.00. The van der Waals surface area contributed by atoms with E-state index >= 15 is 0 Å². The van der Waals surface area contributed by atoms with E-state index in [4.69, 9.17) is 17.5 Å². The summed E-state index contributed by atoms with van der Waals surface area (Å²) in [5.41, 5.74) is 0. The SMILES string of the molecule is O=S(=O)(O)O.P.[Mo]. The van der Waals surface area contributed by atoms with Gasteiger partial charge in [0.2, 0.25) is 0 Å². The first kappa shape index (κ1) is 15.7. The molecule has 0 aliphatic rings. The largest absolute Gasteiger partial charge is 0.394 e. The van der Waals surface area contributed by atoms with E-state index in [-0.39, 0.29) is 31.0 Å². The van der Waals surface area contributed by atoms with Gasteiger partial charge < -0.3 is 0 Å². The van der Waals surface area contributed by atoms with Gasteiger partial charge in [0.05, 0.1) is 0 Å². The second-order valence-electron chi connectivity index (χ2n) is 0.448. The first-order valence-corrected chi connectivity index (χ1v) is 2.10. The average Bonchev–Trinajstić information content (AvgIpc) is 0.722. The van der Waals surface area contributed by atoms with E-state index in [9.17, 15) is 0 Å². The molecule has 0 amide bonds. The molecule has 0 bridgehead atoms. The summed E-state index contributed by atoms with van der Waals surface area (Å²) in [6.45, 7) is 0. The van der Waals surface area contributed by atoms with Crippen LogP contribution in [0.25, 0.3) is 0 Å². The zero-order chi connectivity index (χ0) is 4.50. The van der Waals surface area contributed by atoms with Gasteiger partial charge in [-0.3, -0.25) is 9.11 Å². The smallest absolute Gasteiger partial charge is 0.264 e. The normalized spacial score (nSPS) is 8.29. The zero-order valence-electron chi connectivity index (χ0n) is 3.23. The van der Waals surface area contributed by atoms with E-state index in [1.165, 1.54) is 0 Å². The zero-order valence-corrected chi connectivity index (χ0v) is 7.47. The molecule has 1 atom stereocenters. The standard InChI is InChI=1S/Mo.H2O4S.H3P/c;1-5(2,3)4;/h;(H2,1,2,3,4);1H3. The summed E-state index contributed by atoms with van der Waals surface area (Å²) in [6.07, 6.45) is 0. The molecule has 0 spiro atoms. The van der Waals surface area contributed by atoms with Gasteiger partial charge in [-0.25, -0.2) is 0 Å². The molecular formula is H5MoO4PS. The Hall–Kier alpha value is 0.988. The number of rotatable bonds is 0. The number of hydrogen-bond acceptors (Lipinski definition) is 2. The van der Waals surface area contributed by atoms with Crippen molar-refractivity contribution in [2.45, 2.75) is 0 Å². The third-order valence-corrected chi connectivity index (χ3v) is 0. The van der Waals surface area contributed by atoms with Gasteiger partial charge in [-0.1, -0.05) is 0 Å². The molecule has 0 rings (SSSR count). The van der Waals surface area contributed by atoms with Crippen LogP contribution in [-0.2, 0) is 31.5 Å². The Labute approximate surface area is 59.1 Å². The molecule has 0 saturated carbocycles. The fourth-order valence-electron chi connectivity index (χ4n) is 0. The fourth-order valence-corrected chi connectivity index (χ4v) is 0. The average molecular weight is 228 g/mol. The van der Waals surface area contributed by atoms with Crippen molar-refractivity contribution in [1.29, 1.82) is 0 Å². The molecule has 0 aromatic rings. The van der Waals surface area contributed by atoms with Gasteiger partial charge in [0.1, 0.15) is 0 Å². The van der Waals surface area contributed by atoms with E-state index in [0.29, 0.717) is 0 Å². The molecule has 0 saturated heterocycles. The van der Waals surface area contributed by atoms with Crippen molar-refractivity contribution >= 4 is 20.3 Å². The fraction of sp³-hybridized carbons (Fsp3) is 0.